The van der Waals surface area contributed by atoms with Crippen molar-refractivity contribution in [3.8, 4) is 5.69 Å². The number of hydrogen-bond acceptors (Lipinski definition) is 6. The number of rotatable bonds is 6. The van der Waals surface area contributed by atoms with E-state index in [1.807, 2.05) is 62.4 Å². The highest BCUT2D eigenvalue weighted by Gasteiger charge is 2.23. The van der Waals surface area contributed by atoms with Crippen LogP contribution >= 0.6 is 39.0 Å². The molecule has 0 radical (unpaired) electrons. The van der Waals surface area contributed by atoms with E-state index in [1.54, 1.807) is 15.9 Å². The van der Waals surface area contributed by atoms with Crippen LogP contribution in [0.15, 0.2) is 68.1 Å². The summed E-state index contributed by atoms with van der Waals surface area (Å²) in [5, 5.41) is 5.49. The predicted molar refractivity (Wildman–Crippen MR) is 152 cm³/mol. The summed E-state index contributed by atoms with van der Waals surface area (Å²) in [6.07, 6.45) is 4.17. The molecular formula is C27H25BrN4O2S2. The highest BCUT2D eigenvalue weighted by Crippen LogP contribution is 2.35. The SMILES string of the molecule is CC(=NNC(=O)CSc1nc2sc3c(c2c(=O)n1-c1ccc(C)cc1)CCCC3)c1ccc(Br)cc1. The number of hydrazone groups is 1. The summed E-state index contributed by atoms with van der Waals surface area (Å²) >= 11 is 6.29. The third-order valence-electron chi connectivity index (χ3n) is 6.19. The Morgan fingerprint density at radius 1 is 1.14 bits per heavy atom. The van der Waals surface area contributed by atoms with Gasteiger partial charge in [-0.3, -0.25) is 14.2 Å². The third-order valence-corrected chi connectivity index (χ3v) is 8.85. The maximum Gasteiger partial charge on any atom is 0.267 e. The summed E-state index contributed by atoms with van der Waals surface area (Å²) in [5.41, 5.74) is 7.23. The molecule has 0 saturated carbocycles. The van der Waals surface area contributed by atoms with Gasteiger partial charge in [0.2, 0.25) is 0 Å². The van der Waals surface area contributed by atoms with Gasteiger partial charge in [-0.25, -0.2) is 10.4 Å². The van der Waals surface area contributed by atoms with E-state index in [1.165, 1.54) is 16.6 Å². The van der Waals surface area contributed by atoms with Crippen molar-refractivity contribution in [2.24, 2.45) is 5.10 Å². The summed E-state index contributed by atoms with van der Waals surface area (Å²) in [4.78, 5) is 33.4. The van der Waals surface area contributed by atoms with Crippen LogP contribution in [-0.2, 0) is 17.6 Å². The van der Waals surface area contributed by atoms with E-state index < -0.39 is 0 Å². The Kier molecular flexibility index (Phi) is 7.41. The molecule has 2 aromatic carbocycles. The summed E-state index contributed by atoms with van der Waals surface area (Å²) in [6.45, 7) is 3.86. The molecule has 0 saturated heterocycles. The van der Waals surface area contributed by atoms with E-state index in [2.05, 4.69) is 26.5 Å². The minimum absolute atomic E-state index is 0.0599. The molecule has 1 N–H and O–H groups in total. The standard InChI is InChI=1S/C27H25BrN4O2S2/c1-16-7-13-20(14-8-16)32-26(34)24-21-5-3-4-6-22(21)36-25(24)29-27(32)35-15-23(33)31-30-17(2)18-9-11-19(28)12-10-18/h7-14H,3-6,15H2,1-2H3,(H,31,33). The number of carbonyl (C=O) groups is 1. The van der Waals surface area contributed by atoms with Crippen molar-refractivity contribution >= 4 is 60.9 Å². The van der Waals surface area contributed by atoms with Gasteiger partial charge in [-0.1, -0.05) is 57.5 Å². The third kappa shape index (κ3) is 5.19. The monoisotopic (exact) mass is 580 g/mol. The first-order valence-corrected chi connectivity index (χ1v) is 14.4. The van der Waals surface area contributed by atoms with Crippen molar-refractivity contribution in [2.75, 3.05) is 5.75 Å². The molecule has 0 fully saturated rings. The number of halogens is 1. The second-order valence-electron chi connectivity index (χ2n) is 8.79. The number of thioether (sulfide) groups is 1. The quantitative estimate of drug-likeness (QED) is 0.131. The molecule has 0 unspecified atom stereocenters. The fourth-order valence-electron chi connectivity index (χ4n) is 4.27. The molecule has 0 atom stereocenters. The first-order valence-electron chi connectivity index (χ1n) is 11.8. The summed E-state index contributed by atoms with van der Waals surface area (Å²) in [5.74, 6) is -0.168. The van der Waals surface area contributed by atoms with Gasteiger partial charge >= 0.3 is 0 Å². The average molecular weight is 582 g/mol. The number of fused-ring (bicyclic) bond motifs is 3. The number of thiophene rings is 1. The molecule has 1 amide bonds. The molecular weight excluding hydrogens is 556 g/mol. The van der Waals surface area contributed by atoms with Crippen LogP contribution in [0.4, 0.5) is 0 Å². The molecule has 9 heteroatoms. The van der Waals surface area contributed by atoms with Gasteiger partial charge in [0.15, 0.2) is 5.16 Å². The van der Waals surface area contributed by atoms with Crippen molar-refractivity contribution in [1.82, 2.24) is 15.0 Å². The molecule has 0 aliphatic heterocycles. The van der Waals surface area contributed by atoms with Gasteiger partial charge < -0.3 is 0 Å². The fourth-order valence-corrected chi connectivity index (χ4v) is 6.64. The van der Waals surface area contributed by atoms with Crippen molar-refractivity contribution < 1.29 is 4.79 Å². The second kappa shape index (κ2) is 10.7. The molecule has 6 nitrogen and oxygen atoms in total. The zero-order valence-electron chi connectivity index (χ0n) is 20.0. The predicted octanol–water partition coefficient (Wildman–Crippen LogP) is 6.03. The number of amides is 1. The van der Waals surface area contributed by atoms with Gasteiger partial charge in [0.25, 0.3) is 11.5 Å². The van der Waals surface area contributed by atoms with Gasteiger partial charge in [-0.2, -0.15) is 5.10 Å². The molecule has 5 rings (SSSR count). The lowest BCUT2D eigenvalue weighted by molar-refractivity contribution is -0.118. The maximum absolute atomic E-state index is 13.8. The highest BCUT2D eigenvalue weighted by molar-refractivity contribution is 9.10. The van der Waals surface area contributed by atoms with Crippen molar-refractivity contribution in [3.63, 3.8) is 0 Å². The molecule has 0 spiro atoms. The molecule has 1 aliphatic rings. The van der Waals surface area contributed by atoms with Crippen molar-refractivity contribution in [1.29, 1.82) is 0 Å². The zero-order chi connectivity index (χ0) is 25.2. The highest BCUT2D eigenvalue weighted by atomic mass is 79.9. The van der Waals surface area contributed by atoms with E-state index in [0.29, 0.717) is 10.9 Å². The largest absolute Gasteiger partial charge is 0.272 e. The normalized spacial score (nSPS) is 13.6. The molecule has 0 bridgehead atoms. The lowest BCUT2D eigenvalue weighted by atomic mass is 9.97. The van der Waals surface area contributed by atoms with Gasteiger partial charge in [-0.15, -0.1) is 11.3 Å². The molecule has 4 aromatic rings. The molecule has 2 aromatic heterocycles. The Balaban J connectivity index is 1.43. The summed E-state index contributed by atoms with van der Waals surface area (Å²) < 4.78 is 2.63. The van der Waals surface area contributed by atoms with Gasteiger partial charge in [0.1, 0.15) is 4.83 Å². The van der Waals surface area contributed by atoms with Crippen molar-refractivity contribution in [3.05, 3.63) is 84.9 Å². The Morgan fingerprint density at radius 2 is 1.86 bits per heavy atom. The minimum Gasteiger partial charge on any atom is -0.272 e. The lowest BCUT2D eigenvalue weighted by Gasteiger charge is -2.13. The topological polar surface area (TPSA) is 76.3 Å². The van der Waals surface area contributed by atoms with Crippen LogP contribution in [0.1, 0.15) is 41.3 Å². The lowest BCUT2D eigenvalue weighted by Crippen LogP contribution is -2.24. The first kappa shape index (κ1) is 24.9. The van der Waals surface area contributed by atoms with E-state index in [0.717, 1.165) is 62.8 Å². The van der Waals surface area contributed by atoms with Crippen LogP contribution in [0, 0.1) is 6.92 Å². The van der Waals surface area contributed by atoms with Gasteiger partial charge in [-0.05, 0) is 74.9 Å². The van der Waals surface area contributed by atoms with Crippen molar-refractivity contribution in [2.45, 2.75) is 44.7 Å². The smallest absolute Gasteiger partial charge is 0.267 e. The van der Waals surface area contributed by atoms with Crippen LogP contribution in [0.2, 0.25) is 0 Å². The Bertz CT molecular complexity index is 1520. The first-order chi connectivity index (χ1) is 17.4. The number of aryl methyl sites for hydroxylation is 3. The van der Waals surface area contributed by atoms with E-state index in [9.17, 15) is 9.59 Å². The maximum atomic E-state index is 13.8. The fraction of sp³-hybridized carbons (Fsp3) is 0.259. The summed E-state index contributed by atoms with van der Waals surface area (Å²) in [6, 6.07) is 15.6. The second-order valence-corrected chi connectivity index (χ2v) is 11.7. The van der Waals surface area contributed by atoms with Crippen LogP contribution < -0.4 is 11.0 Å². The number of benzene rings is 2. The van der Waals surface area contributed by atoms with Crippen LogP contribution in [-0.4, -0.2) is 26.9 Å². The number of nitrogens with zero attached hydrogens (tertiary/aromatic N) is 3. The summed E-state index contributed by atoms with van der Waals surface area (Å²) in [7, 11) is 0. The van der Waals surface area contributed by atoms with E-state index >= 15 is 0 Å². The minimum atomic E-state index is -0.258. The Hall–Kier alpha value is -2.75. The molecule has 36 heavy (non-hydrogen) atoms. The van der Waals surface area contributed by atoms with Crippen LogP contribution in [0.5, 0.6) is 0 Å². The number of carbonyl (C=O) groups excluding carboxylic acids is 1. The van der Waals surface area contributed by atoms with Crippen LogP contribution in [0.25, 0.3) is 15.9 Å². The van der Waals surface area contributed by atoms with E-state index in [4.69, 9.17) is 4.98 Å². The zero-order valence-corrected chi connectivity index (χ0v) is 23.2. The van der Waals surface area contributed by atoms with Crippen LogP contribution in [0.3, 0.4) is 0 Å². The van der Waals surface area contributed by atoms with E-state index in [-0.39, 0.29) is 17.2 Å². The molecule has 184 valence electrons. The Morgan fingerprint density at radius 3 is 2.61 bits per heavy atom. The van der Waals surface area contributed by atoms with Gasteiger partial charge in [0, 0.05) is 9.35 Å². The van der Waals surface area contributed by atoms with Gasteiger partial charge in [0.05, 0.1) is 22.5 Å². The average Bonchev–Trinajstić information content (AvgIpc) is 3.26. The number of aromatic nitrogens is 2. The molecule has 2 heterocycles. The Labute approximate surface area is 226 Å². The molecule has 1 aliphatic carbocycles. The number of hydrogen-bond donors (Lipinski definition) is 1. The number of nitrogens with one attached hydrogen (secondary N) is 1.